The highest BCUT2D eigenvalue weighted by Gasteiger charge is 2.21. The fraction of sp³-hybridized carbons (Fsp3) is 0.462. The van der Waals surface area contributed by atoms with Crippen molar-refractivity contribution in [3.05, 3.63) is 35.4 Å². The lowest BCUT2D eigenvalue weighted by atomic mass is 9.90. The summed E-state index contributed by atoms with van der Waals surface area (Å²) in [6.07, 6.45) is 1.87. The van der Waals surface area contributed by atoms with E-state index in [1.807, 2.05) is 0 Å². The number of halogens is 2. The predicted molar refractivity (Wildman–Crippen MR) is 60.7 cm³/mol. The Hall–Kier alpha value is -1.29. The summed E-state index contributed by atoms with van der Waals surface area (Å²) in [7, 11) is 0. The number of ketones is 1. The molecule has 4 heteroatoms. The van der Waals surface area contributed by atoms with Gasteiger partial charge in [-0.2, -0.15) is 0 Å². The summed E-state index contributed by atoms with van der Waals surface area (Å²) in [5.41, 5.74) is 0.549. The molecule has 0 radical (unpaired) electrons. The number of benzene rings is 1. The van der Waals surface area contributed by atoms with Gasteiger partial charge in [-0.1, -0.05) is 6.07 Å². The van der Waals surface area contributed by atoms with Gasteiger partial charge >= 0.3 is 0 Å². The molecular formula is C13H15F2NO. The second-order valence-corrected chi connectivity index (χ2v) is 4.42. The lowest BCUT2D eigenvalue weighted by Gasteiger charge is -2.21. The minimum Gasteiger partial charge on any atom is -0.317 e. The van der Waals surface area contributed by atoms with Crippen LogP contribution in [0.15, 0.2) is 18.2 Å². The molecule has 92 valence electrons. The first-order chi connectivity index (χ1) is 8.16. The zero-order valence-corrected chi connectivity index (χ0v) is 9.51. The van der Waals surface area contributed by atoms with Crippen LogP contribution < -0.4 is 5.32 Å². The zero-order valence-electron chi connectivity index (χ0n) is 9.51. The third kappa shape index (κ3) is 3.09. The molecule has 17 heavy (non-hydrogen) atoms. The van der Waals surface area contributed by atoms with Crippen LogP contribution >= 0.6 is 0 Å². The van der Waals surface area contributed by atoms with E-state index in [-0.39, 0.29) is 18.1 Å². The molecule has 0 aliphatic carbocycles. The van der Waals surface area contributed by atoms with Crippen LogP contribution in [-0.2, 0) is 11.2 Å². The molecule has 0 amide bonds. The highest BCUT2D eigenvalue weighted by molar-refractivity contribution is 5.83. The van der Waals surface area contributed by atoms with Crippen molar-refractivity contribution >= 4 is 5.78 Å². The molecule has 0 unspecified atom stereocenters. The number of hydrogen-bond acceptors (Lipinski definition) is 2. The highest BCUT2D eigenvalue weighted by Crippen LogP contribution is 2.17. The van der Waals surface area contributed by atoms with Crippen molar-refractivity contribution < 1.29 is 13.6 Å². The quantitative estimate of drug-likeness (QED) is 0.875. The van der Waals surface area contributed by atoms with Crippen LogP contribution in [0.2, 0.25) is 0 Å². The predicted octanol–water partition coefficient (Wildman–Crippen LogP) is 2.08. The van der Waals surface area contributed by atoms with E-state index in [1.165, 1.54) is 6.07 Å². The van der Waals surface area contributed by atoms with E-state index in [9.17, 15) is 13.6 Å². The lowest BCUT2D eigenvalue weighted by molar-refractivity contribution is -0.122. The van der Waals surface area contributed by atoms with Gasteiger partial charge < -0.3 is 5.32 Å². The minimum absolute atomic E-state index is 0.0596. The molecule has 0 bridgehead atoms. The van der Waals surface area contributed by atoms with Crippen molar-refractivity contribution in [2.75, 3.05) is 13.1 Å². The summed E-state index contributed by atoms with van der Waals surface area (Å²) in [5.74, 6) is -1.58. The smallest absolute Gasteiger partial charge is 0.159 e. The number of hydrogen-bond donors (Lipinski definition) is 1. The van der Waals surface area contributed by atoms with Crippen LogP contribution in [0.3, 0.4) is 0 Å². The maximum Gasteiger partial charge on any atom is 0.159 e. The molecule has 1 aliphatic rings. The number of nitrogens with one attached hydrogen (secondary N) is 1. The molecule has 0 spiro atoms. The van der Waals surface area contributed by atoms with Crippen molar-refractivity contribution in [3.63, 3.8) is 0 Å². The average Bonchev–Trinajstić information content (AvgIpc) is 2.35. The number of rotatable bonds is 3. The first-order valence-corrected chi connectivity index (χ1v) is 5.84. The van der Waals surface area contributed by atoms with E-state index in [0.717, 1.165) is 38.1 Å². The largest absolute Gasteiger partial charge is 0.317 e. The molecule has 1 aromatic rings. The molecular weight excluding hydrogens is 224 g/mol. The van der Waals surface area contributed by atoms with Gasteiger partial charge in [-0.05, 0) is 43.6 Å². The molecule has 1 fully saturated rings. The second-order valence-electron chi connectivity index (χ2n) is 4.42. The van der Waals surface area contributed by atoms with Crippen LogP contribution in [0.1, 0.15) is 18.4 Å². The zero-order chi connectivity index (χ0) is 12.3. The summed E-state index contributed by atoms with van der Waals surface area (Å²) in [6, 6.07) is 3.64. The first-order valence-electron chi connectivity index (χ1n) is 5.84. The van der Waals surface area contributed by atoms with Crippen molar-refractivity contribution in [2.45, 2.75) is 19.3 Å². The monoisotopic (exact) mass is 239 g/mol. The fourth-order valence-corrected chi connectivity index (χ4v) is 2.14. The molecule has 1 heterocycles. The number of Topliss-reactive ketones (excluding diaryl/α,β-unsaturated/α-hetero) is 1. The molecule has 0 saturated carbocycles. The normalized spacial score (nSPS) is 17.1. The Labute approximate surface area is 99.0 Å². The average molecular weight is 239 g/mol. The van der Waals surface area contributed by atoms with Crippen LogP contribution in [0, 0.1) is 17.6 Å². The molecule has 1 aliphatic heterocycles. The third-order valence-electron chi connectivity index (χ3n) is 3.16. The van der Waals surface area contributed by atoms with Crippen LogP contribution in [0.4, 0.5) is 8.78 Å². The summed E-state index contributed by atoms with van der Waals surface area (Å²) in [5, 5.41) is 3.19. The van der Waals surface area contributed by atoms with E-state index in [2.05, 4.69) is 5.32 Å². The van der Waals surface area contributed by atoms with E-state index < -0.39 is 11.6 Å². The van der Waals surface area contributed by atoms with Gasteiger partial charge in [0.05, 0.1) is 0 Å². The van der Waals surface area contributed by atoms with Gasteiger partial charge in [-0.25, -0.2) is 8.78 Å². The number of carbonyl (C=O) groups excluding carboxylic acids is 1. The summed E-state index contributed by atoms with van der Waals surface area (Å²) in [4.78, 5) is 11.9. The van der Waals surface area contributed by atoms with Crippen molar-refractivity contribution in [2.24, 2.45) is 5.92 Å². The Morgan fingerprint density at radius 1 is 1.24 bits per heavy atom. The molecule has 2 rings (SSSR count). The third-order valence-corrected chi connectivity index (χ3v) is 3.16. The van der Waals surface area contributed by atoms with Crippen molar-refractivity contribution in [1.29, 1.82) is 0 Å². The summed E-state index contributed by atoms with van der Waals surface area (Å²) < 4.78 is 25.7. The van der Waals surface area contributed by atoms with E-state index in [4.69, 9.17) is 0 Å². The Balaban J connectivity index is 1.99. The van der Waals surface area contributed by atoms with Gasteiger partial charge in [0.1, 0.15) is 5.78 Å². The number of piperidine rings is 1. The van der Waals surface area contributed by atoms with Crippen LogP contribution in [0.25, 0.3) is 0 Å². The van der Waals surface area contributed by atoms with Gasteiger partial charge in [0.15, 0.2) is 11.6 Å². The minimum atomic E-state index is -0.888. The van der Waals surface area contributed by atoms with Crippen molar-refractivity contribution in [1.82, 2.24) is 5.32 Å². The van der Waals surface area contributed by atoms with Gasteiger partial charge in [0.2, 0.25) is 0 Å². The highest BCUT2D eigenvalue weighted by atomic mass is 19.2. The molecule has 1 saturated heterocycles. The summed E-state index contributed by atoms with van der Waals surface area (Å²) in [6.45, 7) is 1.71. The molecule has 2 nitrogen and oxygen atoms in total. The Kier molecular flexibility index (Phi) is 3.84. The number of carbonyl (C=O) groups is 1. The Morgan fingerprint density at radius 2 is 1.94 bits per heavy atom. The maximum absolute atomic E-state index is 13.0. The first kappa shape index (κ1) is 12.2. The Bertz CT molecular complexity index is 414. The molecule has 1 aromatic carbocycles. The van der Waals surface area contributed by atoms with Crippen LogP contribution in [-0.4, -0.2) is 18.9 Å². The van der Waals surface area contributed by atoms with Gasteiger partial charge in [-0.15, -0.1) is 0 Å². The van der Waals surface area contributed by atoms with E-state index in [0.29, 0.717) is 5.56 Å². The van der Waals surface area contributed by atoms with Gasteiger partial charge in [0, 0.05) is 12.3 Å². The molecule has 0 atom stereocenters. The van der Waals surface area contributed by atoms with Crippen LogP contribution in [0.5, 0.6) is 0 Å². The lowest BCUT2D eigenvalue weighted by Crippen LogP contribution is -2.32. The topological polar surface area (TPSA) is 29.1 Å². The van der Waals surface area contributed by atoms with Gasteiger partial charge in [-0.3, -0.25) is 4.79 Å². The maximum atomic E-state index is 13.0. The second kappa shape index (κ2) is 5.36. The standard InChI is InChI=1S/C13H15F2NO/c14-11-2-1-9(7-12(11)15)8-13(17)10-3-5-16-6-4-10/h1-2,7,10,16H,3-6,8H2. The fourth-order valence-electron chi connectivity index (χ4n) is 2.14. The van der Waals surface area contributed by atoms with E-state index in [1.54, 1.807) is 0 Å². The van der Waals surface area contributed by atoms with Crippen molar-refractivity contribution in [3.8, 4) is 0 Å². The Morgan fingerprint density at radius 3 is 2.59 bits per heavy atom. The van der Waals surface area contributed by atoms with Gasteiger partial charge in [0.25, 0.3) is 0 Å². The molecule has 1 N–H and O–H groups in total. The SMILES string of the molecule is O=C(Cc1ccc(F)c(F)c1)C1CCNCC1. The van der Waals surface area contributed by atoms with E-state index >= 15 is 0 Å². The molecule has 0 aromatic heterocycles. The summed E-state index contributed by atoms with van der Waals surface area (Å²) >= 11 is 0.